The Morgan fingerprint density at radius 2 is 1.40 bits per heavy atom. The SMILES string of the molecule is O=CN1c2ccccc2SC(c2ccccc2)CC1c1ccccc1. The molecule has 1 heterocycles. The zero-order chi connectivity index (χ0) is 17.1. The maximum Gasteiger partial charge on any atom is 0.214 e. The van der Waals surface area contributed by atoms with E-state index in [0.717, 1.165) is 23.4 Å². The first-order valence-corrected chi connectivity index (χ1v) is 9.34. The third-order valence-electron chi connectivity index (χ3n) is 4.66. The summed E-state index contributed by atoms with van der Waals surface area (Å²) in [6.45, 7) is 0. The van der Waals surface area contributed by atoms with Crippen LogP contribution < -0.4 is 4.90 Å². The Bertz CT molecular complexity index is 850. The lowest BCUT2D eigenvalue weighted by atomic mass is 9.97. The molecule has 1 aliphatic heterocycles. The topological polar surface area (TPSA) is 20.3 Å². The van der Waals surface area contributed by atoms with Crippen LogP contribution >= 0.6 is 11.8 Å². The van der Waals surface area contributed by atoms with Crippen LogP contribution in [-0.2, 0) is 4.79 Å². The molecular weight excluding hydrogens is 326 g/mol. The molecule has 0 radical (unpaired) electrons. The third kappa shape index (κ3) is 3.20. The van der Waals surface area contributed by atoms with Crippen LogP contribution in [0.1, 0.15) is 28.8 Å². The minimum Gasteiger partial charge on any atom is -0.306 e. The Balaban J connectivity index is 1.83. The lowest BCUT2D eigenvalue weighted by Gasteiger charge is -2.28. The van der Waals surface area contributed by atoms with Crippen LogP contribution in [0.5, 0.6) is 0 Å². The lowest BCUT2D eigenvalue weighted by molar-refractivity contribution is -0.108. The van der Waals surface area contributed by atoms with Gasteiger partial charge in [-0.25, -0.2) is 0 Å². The molecule has 3 aromatic rings. The molecule has 0 saturated carbocycles. The Labute approximate surface area is 152 Å². The van der Waals surface area contributed by atoms with E-state index in [1.165, 1.54) is 11.1 Å². The maximum absolute atomic E-state index is 12.0. The van der Waals surface area contributed by atoms with Crippen molar-refractivity contribution in [2.75, 3.05) is 4.90 Å². The Kier molecular flexibility index (Phi) is 4.57. The quantitative estimate of drug-likeness (QED) is 0.574. The molecule has 25 heavy (non-hydrogen) atoms. The second-order valence-electron chi connectivity index (χ2n) is 6.16. The highest BCUT2D eigenvalue weighted by Crippen LogP contribution is 2.50. The van der Waals surface area contributed by atoms with Crippen molar-refractivity contribution in [2.45, 2.75) is 22.6 Å². The van der Waals surface area contributed by atoms with Gasteiger partial charge in [0.25, 0.3) is 0 Å². The van der Waals surface area contributed by atoms with Crippen LogP contribution in [0.25, 0.3) is 0 Å². The van der Waals surface area contributed by atoms with E-state index in [2.05, 4.69) is 42.5 Å². The van der Waals surface area contributed by atoms with Gasteiger partial charge in [0, 0.05) is 10.1 Å². The van der Waals surface area contributed by atoms with Crippen molar-refractivity contribution in [1.82, 2.24) is 0 Å². The minimum atomic E-state index is 0.0278. The molecule has 0 saturated heterocycles. The highest BCUT2D eigenvalue weighted by molar-refractivity contribution is 7.99. The molecule has 124 valence electrons. The number of para-hydroxylation sites is 1. The molecule has 0 aliphatic carbocycles. The Hall–Kier alpha value is -2.52. The predicted octanol–water partition coefficient (Wildman–Crippen LogP) is 5.63. The summed E-state index contributed by atoms with van der Waals surface area (Å²) in [5.41, 5.74) is 3.47. The van der Waals surface area contributed by atoms with Crippen LogP contribution in [-0.4, -0.2) is 6.41 Å². The molecule has 3 aromatic carbocycles. The van der Waals surface area contributed by atoms with E-state index in [1.54, 1.807) is 0 Å². The first-order valence-electron chi connectivity index (χ1n) is 8.46. The zero-order valence-corrected chi connectivity index (χ0v) is 14.6. The number of carbonyl (C=O) groups excluding carboxylic acids is 1. The van der Waals surface area contributed by atoms with E-state index in [-0.39, 0.29) is 6.04 Å². The van der Waals surface area contributed by atoms with Gasteiger partial charge in [-0.1, -0.05) is 72.8 Å². The number of amides is 1. The fourth-order valence-electron chi connectivity index (χ4n) is 3.43. The molecule has 2 nitrogen and oxygen atoms in total. The monoisotopic (exact) mass is 345 g/mol. The van der Waals surface area contributed by atoms with Crippen LogP contribution in [0, 0.1) is 0 Å². The summed E-state index contributed by atoms with van der Waals surface area (Å²) in [7, 11) is 0. The first-order chi connectivity index (χ1) is 12.4. The second kappa shape index (κ2) is 7.16. The summed E-state index contributed by atoms with van der Waals surface area (Å²) in [5, 5.41) is 0.303. The van der Waals surface area contributed by atoms with Gasteiger partial charge in [0.1, 0.15) is 0 Å². The minimum absolute atomic E-state index is 0.0278. The summed E-state index contributed by atoms with van der Waals surface area (Å²) in [4.78, 5) is 15.1. The van der Waals surface area contributed by atoms with Gasteiger partial charge in [-0.05, 0) is 29.7 Å². The summed E-state index contributed by atoms with van der Waals surface area (Å²) in [5.74, 6) is 0. The molecule has 0 bridgehead atoms. The van der Waals surface area contributed by atoms with E-state index >= 15 is 0 Å². The largest absolute Gasteiger partial charge is 0.306 e. The number of hydrogen-bond acceptors (Lipinski definition) is 2. The molecular formula is C22H19NOS. The number of nitrogens with zero attached hydrogens (tertiary/aromatic N) is 1. The van der Waals surface area contributed by atoms with E-state index < -0.39 is 0 Å². The average Bonchev–Trinajstić information content (AvgIpc) is 2.86. The number of hydrogen-bond donors (Lipinski definition) is 0. The third-order valence-corrected chi connectivity index (χ3v) is 6.00. The van der Waals surface area contributed by atoms with E-state index in [1.807, 2.05) is 59.1 Å². The van der Waals surface area contributed by atoms with Crippen molar-refractivity contribution in [3.63, 3.8) is 0 Å². The molecule has 1 amide bonds. The van der Waals surface area contributed by atoms with Crippen LogP contribution in [0.3, 0.4) is 0 Å². The smallest absolute Gasteiger partial charge is 0.214 e. The van der Waals surface area contributed by atoms with Gasteiger partial charge in [0.15, 0.2) is 0 Å². The normalized spacial score (nSPS) is 19.8. The van der Waals surface area contributed by atoms with Gasteiger partial charge in [-0.2, -0.15) is 0 Å². The summed E-state index contributed by atoms with van der Waals surface area (Å²) in [6, 6.07) is 29.1. The molecule has 1 aliphatic rings. The Morgan fingerprint density at radius 1 is 0.800 bits per heavy atom. The number of rotatable bonds is 3. The fourth-order valence-corrected chi connectivity index (χ4v) is 4.76. The van der Waals surface area contributed by atoms with Crippen molar-refractivity contribution < 1.29 is 4.79 Å². The zero-order valence-electron chi connectivity index (χ0n) is 13.8. The van der Waals surface area contributed by atoms with Gasteiger partial charge >= 0.3 is 0 Å². The number of carbonyl (C=O) groups is 1. The average molecular weight is 345 g/mol. The van der Waals surface area contributed by atoms with Gasteiger partial charge in [0.2, 0.25) is 6.41 Å². The number of thioether (sulfide) groups is 1. The molecule has 0 N–H and O–H groups in total. The van der Waals surface area contributed by atoms with Crippen molar-refractivity contribution in [3.8, 4) is 0 Å². The molecule has 2 unspecified atom stereocenters. The molecule has 0 aromatic heterocycles. The Morgan fingerprint density at radius 3 is 2.08 bits per heavy atom. The van der Waals surface area contributed by atoms with Crippen LogP contribution in [0.2, 0.25) is 0 Å². The summed E-state index contributed by atoms with van der Waals surface area (Å²) in [6.07, 6.45) is 1.86. The van der Waals surface area contributed by atoms with Crippen molar-refractivity contribution in [3.05, 3.63) is 96.1 Å². The van der Waals surface area contributed by atoms with Crippen molar-refractivity contribution >= 4 is 23.9 Å². The van der Waals surface area contributed by atoms with E-state index in [4.69, 9.17) is 0 Å². The molecule has 0 fully saturated rings. The molecule has 4 rings (SSSR count). The van der Waals surface area contributed by atoms with Crippen LogP contribution in [0.4, 0.5) is 5.69 Å². The molecule has 2 atom stereocenters. The summed E-state index contributed by atoms with van der Waals surface area (Å²) >= 11 is 1.85. The highest BCUT2D eigenvalue weighted by atomic mass is 32.2. The lowest BCUT2D eigenvalue weighted by Crippen LogP contribution is -2.27. The maximum atomic E-state index is 12.0. The van der Waals surface area contributed by atoms with Crippen molar-refractivity contribution in [1.29, 1.82) is 0 Å². The fraction of sp³-hybridized carbons (Fsp3) is 0.136. The first kappa shape index (κ1) is 16.0. The number of benzene rings is 3. The van der Waals surface area contributed by atoms with Gasteiger partial charge < -0.3 is 4.90 Å². The van der Waals surface area contributed by atoms with E-state index in [0.29, 0.717) is 5.25 Å². The second-order valence-corrected chi connectivity index (χ2v) is 7.40. The van der Waals surface area contributed by atoms with Crippen molar-refractivity contribution in [2.24, 2.45) is 0 Å². The molecule has 0 spiro atoms. The number of fused-ring (bicyclic) bond motifs is 1. The van der Waals surface area contributed by atoms with E-state index in [9.17, 15) is 4.79 Å². The van der Waals surface area contributed by atoms with Gasteiger partial charge in [-0.3, -0.25) is 4.79 Å². The van der Waals surface area contributed by atoms with Crippen LogP contribution in [0.15, 0.2) is 89.8 Å². The van der Waals surface area contributed by atoms with Gasteiger partial charge in [-0.15, -0.1) is 11.8 Å². The summed E-state index contributed by atoms with van der Waals surface area (Å²) < 4.78 is 0. The van der Waals surface area contributed by atoms with Gasteiger partial charge in [0.05, 0.1) is 11.7 Å². The molecule has 3 heteroatoms. The predicted molar refractivity (Wildman–Crippen MR) is 104 cm³/mol. The highest BCUT2D eigenvalue weighted by Gasteiger charge is 2.31. The number of anilines is 1. The standard InChI is InChI=1S/C22H19NOS/c24-16-23-19-13-7-8-14-21(19)25-22(18-11-5-2-6-12-18)15-20(23)17-9-3-1-4-10-17/h1-14,16,20,22H,15H2.